The van der Waals surface area contributed by atoms with Crippen LogP contribution in [0.25, 0.3) is 11.5 Å². The average molecular weight is 405 g/mol. The van der Waals surface area contributed by atoms with Crippen molar-refractivity contribution in [1.82, 2.24) is 15.2 Å². The summed E-state index contributed by atoms with van der Waals surface area (Å²) in [4.78, 5) is 4.50. The molecule has 0 amide bonds. The molecule has 0 saturated carbocycles. The Labute approximate surface area is 162 Å². The first kappa shape index (κ1) is 17.1. The lowest BCUT2D eigenvalue weighted by molar-refractivity contribution is 0.518. The highest BCUT2D eigenvalue weighted by atomic mass is 35.5. The van der Waals surface area contributed by atoms with E-state index in [9.17, 15) is 0 Å². The van der Waals surface area contributed by atoms with Crippen LogP contribution in [0.2, 0.25) is 5.02 Å². The summed E-state index contributed by atoms with van der Waals surface area (Å²) in [6.07, 6.45) is 3.30. The first-order valence-electron chi connectivity index (χ1n) is 7.69. The molecule has 3 aromatic heterocycles. The molecule has 9 heteroatoms. The van der Waals surface area contributed by atoms with E-state index in [4.69, 9.17) is 20.4 Å². The van der Waals surface area contributed by atoms with Gasteiger partial charge in [-0.25, -0.2) is 4.98 Å². The van der Waals surface area contributed by atoms with Crippen molar-refractivity contribution in [2.75, 3.05) is 5.32 Å². The molecule has 6 nitrogen and oxygen atoms in total. The molecule has 0 fully saturated rings. The molecule has 132 valence electrons. The van der Waals surface area contributed by atoms with Crippen LogP contribution in [0.5, 0.6) is 0 Å². The number of hydrogen-bond acceptors (Lipinski definition) is 8. The van der Waals surface area contributed by atoms with E-state index in [1.165, 1.54) is 11.3 Å². The molecule has 0 unspecified atom stereocenters. The molecule has 0 bridgehead atoms. The second-order valence-corrected chi connectivity index (χ2v) is 7.89. The molecule has 3 heterocycles. The fourth-order valence-corrected chi connectivity index (χ4v) is 3.99. The number of anilines is 1. The number of aromatic nitrogens is 3. The highest BCUT2D eigenvalue weighted by Crippen LogP contribution is 2.29. The Balaban J connectivity index is 1.33. The van der Waals surface area contributed by atoms with E-state index < -0.39 is 0 Å². The Bertz CT molecular complexity index is 984. The first-order valence-corrected chi connectivity index (χ1v) is 9.87. The molecular weight excluding hydrogens is 392 g/mol. The van der Waals surface area contributed by atoms with Gasteiger partial charge in [-0.3, -0.25) is 0 Å². The van der Waals surface area contributed by atoms with Crippen LogP contribution in [0.3, 0.4) is 0 Å². The van der Waals surface area contributed by atoms with E-state index in [1.54, 1.807) is 24.3 Å². The van der Waals surface area contributed by atoms with Crippen LogP contribution in [0, 0.1) is 0 Å². The largest absolute Gasteiger partial charge is 0.467 e. The van der Waals surface area contributed by atoms with Crippen LogP contribution in [-0.2, 0) is 12.3 Å². The molecule has 26 heavy (non-hydrogen) atoms. The van der Waals surface area contributed by atoms with Crippen LogP contribution in [0.4, 0.5) is 5.13 Å². The molecule has 4 aromatic rings. The SMILES string of the molecule is Clc1cccc(-c2nc(CSc3nnc(NCc4ccco4)s3)co2)c1. The molecule has 0 aliphatic rings. The molecular formula is C17H13ClN4O2S2. The summed E-state index contributed by atoms with van der Waals surface area (Å²) in [7, 11) is 0. The Morgan fingerprint density at radius 3 is 2.96 bits per heavy atom. The van der Waals surface area contributed by atoms with Crippen molar-refractivity contribution in [2.45, 2.75) is 16.6 Å². The lowest BCUT2D eigenvalue weighted by atomic mass is 10.2. The normalized spacial score (nSPS) is 11.0. The zero-order valence-corrected chi connectivity index (χ0v) is 15.8. The Hall–Kier alpha value is -2.29. The van der Waals surface area contributed by atoms with Crippen LogP contribution >= 0.6 is 34.7 Å². The Morgan fingerprint density at radius 2 is 2.12 bits per heavy atom. The van der Waals surface area contributed by atoms with E-state index in [1.807, 2.05) is 36.4 Å². The predicted octanol–water partition coefficient (Wildman–Crippen LogP) is 5.34. The second kappa shape index (κ2) is 7.94. The van der Waals surface area contributed by atoms with E-state index >= 15 is 0 Å². The summed E-state index contributed by atoms with van der Waals surface area (Å²) in [5, 5.41) is 12.9. The van der Waals surface area contributed by atoms with Crippen molar-refractivity contribution in [2.24, 2.45) is 0 Å². The number of hydrogen-bond donors (Lipinski definition) is 1. The standard InChI is InChI=1S/C17H13ClN4O2S2/c18-12-4-1-3-11(7-12)15-20-13(9-24-15)10-25-17-22-21-16(26-17)19-8-14-5-2-6-23-14/h1-7,9H,8,10H2,(H,19,21). The average Bonchev–Trinajstić information content (AvgIpc) is 3.39. The summed E-state index contributed by atoms with van der Waals surface area (Å²) in [6, 6.07) is 11.2. The van der Waals surface area contributed by atoms with E-state index in [2.05, 4.69) is 20.5 Å². The summed E-state index contributed by atoms with van der Waals surface area (Å²) >= 11 is 9.06. The van der Waals surface area contributed by atoms with Gasteiger partial charge in [0.2, 0.25) is 11.0 Å². The van der Waals surface area contributed by atoms with Gasteiger partial charge in [-0.05, 0) is 30.3 Å². The summed E-state index contributed by atoms with van der Waals surface area (Å²) in [6.45, 7) is 0.582. The number of halogens is 1. The van der Waals surface area contributed by atoms with Crippen LogP contribution in [-0.4, -0.2) is 15.2 Å². The smallest absolute Gasteiger partial charge is 0.226 e. The van der Waals surface area contributed by atoms with E-state index in [0.717, 1.165) is 26.5 Å². The van der Waals surface area contributed by atoms with Crippen molar-refractivity contribution in [3.05, 3.63) is 65.4 Å². The molecule has 0 atom stereocenters. The zero-order chi connectivity index (χ0) is 17.8. The highest BCUT2D eigenvalue weighted by molar-refractivity contribution is 8.00. The van der Waals surface area contributed by atoms with Crippen molar-refractivity contribution in [3.63, 3.8) is 0 Å². The number of thioether (sulfide) groups is 1. The molecule has 0 aliphatic carbocycles. The minimum atomic E-state index is 0.557. The number of rotatable bonds is 7. The number of furan rings is 1. The van der Waals surface area contributed by atoms with Gasteiger partial charge >= 0.3 is 0 Å². The zero-order valence-electron chi connectivity index (χ0n) is 13.4. The number of nitrogens with zero attached hydrogens (tertiary/aromatic N) is 3. The second-order valence-electron chi connectivity index (χ2n) is 5.25. The van der Waals surface area contributed by atoms with Gasteiger partial charge in [0.15, 0.2) is 4.34 Å². The van der Waals surface area contributed by atoms with Gasteiger partial charge in [0.05, 0.1) is 18.5 Å². The third-order valence-electron chi connectivity index (χ3n) is 3.37. The molecule has 0 radical (unpaired) electrons. The van der Waals surface area contributed by atoms with Crippen LogP contribution in [0.15, 0.2) is 62.1 Å². The molecule has 1 N–H and O–H groups in total. The minimum Gasteiger partial charge on any atom is -0.467 e. The van der Waals surface area contributed by atoms with E-state index in [0.29, 0.717) is 23.2 Å². The lowest BCUT2D eigenvalue weighted by Crippen LogP contribution is -1.96. The summed E-state index contributed by atoms with van der Waals surface area (Å²) in [5.74, 6) is 2.06. The van der Waals surface area contributed by atoms with Gasteiger partial charge in [-0.2, -0.15) is 0 Å². The van der Waals surface area contributed by atoms with Gasteiger partial charge in [-0.15, -0.1) is 10.2 Å². The maximum Gasteiger partial charge on any atom is 0.226 e. The fraction of sp³-hybridized carbons (Fsp3) is 0.118. The molecule has 0 aliphatic heterocycles. The van der Waals surface area contributed by atoms with Gasteiger partial charge in [0.1, 0.15) is 12.0 Å². The quantitative estimate of drug-likeness (QED) is 0.416. The van der Waals surface area contributed by atoms with E-state index in [-0.39, 0.29) is 0 Å². The third-order valence-corrected chi connectivity index (χ3v) is 5.65. The molecule has 0 saturated heterocycles. The number of benzene rings is 1. The summed E-state index contributed by atoms with van der Waals surface area (Å²) in [5.41, 5.74) is 1.69. The topological polar surface area (TPSA) is 77.0 Å². The maximum atomic E-state index is 6.00. The molecule has 4 rings (SSSR count). The van der Waals surface area contributed by atoms with Gasteiger partial charge in [0.25, 0.3) is 0 Å². The van der Waals surface area contributed by atoms with Crippen molar-refractivity contribution >= 4 is 39.8 Å². The predicted molar refractivity (Wildman–Crippen MR) is 102 cm³/mol. The first-order chi connectivity index (χ1) is 12.8. The summed E-state index contributed by atoms with van der Waals surface area (Å²) < 4.78 is 11.7. The molecule has 0 spiro atoms. The van der Waals surface area contributed by atoms with Gasteiger partial charge in [0, 0.05) is 16.3 Å². The highest BCUT2D eigenvalue weighted by Gasteiger charge is 2.10. The minimum absolute atomic E-state index is 0.557. The monoisotopic (exact) mass is 404 g/mol. The van der Waals surface area contributed by atoms with Gasteiger partial charge < -0.3 is 14.2 Å². The Kier molecular flexibility index (Phi) is 5.24. The van der Waals surface area contributed by atoms with Crippen molar-refractivity contribution < 1.29 is 8.83 Å². The lowest BCUT2D eigenvalue weighted by Gasteiger charge is -1.96. The van der Waals surface area contributed by atoms with Crippen molar-refractivity contribution in [1.29, 1.82) is 0 Å². The maximum absolute atomic E-state index is 6.00. The number of oxazole rings is 1. The molecule has 1 aromatic carbocycles. The fourth-order valence-electron chi connectivity index (χ4n) is 2.18. The van der Waals surface area contributed by atoms with Crippen LogP contribution < -0.4 is 5.32 Å². The van der Waals surface area contributed by atoms with Crippen LogP contribution in [0.1, 0.15) is 11.5 Å². The van der Waals surface area contributed by atoms with Gasteiger partial charge in [-0.1, -0.05) is 40.8 Å². The Morgan fingerprint density at radius 1 is 1.15 bits per heavy atom. The van der Waals surface area contributed by atoms with Crippen molar-refractivity contribution in [3.8, 4) is 11.5 Å². The third kappa shape index (κ3) is 4.27. The number of nitrogens with one attached hydrogen (secondary N) is 1.